The summed E-state index contributed by atoms with van der Waals surface area (Å²) >= 11 is 0. The lowest BCUT2D eigenvalue weighted by Crippen LogP contribution is -2.39. The Bertz CT molecular complexity index is 447. The largest absolute Gasteiger partial charge is 0.462 e. The third kappa shape index (κ3) is 3.89. The molecular weight excluding hydrogens is 292 g/mol. The number of hydrogen-bond donors (Lipinski definition) is 0. The van der Waals surface area contributed by atoms with Gasteiger partial charge in [-0.05, 0) is 62.7 Å². The quantitative estimate of drug-likeness (QED) is 0.635. The maximum absolute atomic E-state index is 11.1. The van der Waals surface area contributed by atoms with Crippen LogP contribution >= 0.6 is 0 Å². The van der Waals surface area contributed by atoms with E-state index in [0.717, 1.165) is 19.3 Å². The molecular formula is C19H30O4. The van der Waals surface area contributed by atoms with Crippen LogP contribution in [0.2, 0.25) is 0 Å². The van der Waals surface area contributed by atoms with E-state index in [4.69, 9.17) is 9.47 Å². The van der Waals surface area contributed by atoms with E-state index in [1.165, 1.54) is 32.1 Å². The van der Waals surface area contributed by atoms with Crippen molar-refractivity contribution in [1.82, 2.24) is 0 Å². The fourth-order valence-electron chi connectivity index (χ4n) is 4.80. The SMILES string of the molecule is CC1CC(=O)OC2CCCCC12.CC1CC2CCCC2OC1=O. The summed E-state index contributed by atoms with van der Waals surface area (Å²) in [6, 6.07) is 0. The maximum Gasteiger partial charge on any atom is 0.308 e. The minimum atomic E-state index is 0.0191. The molecule has 2 saturated carbocycles. The number of fused-ring (bicyclic) bond motifs is 2. The first-order valence-electron chi connectivity index (χ1n) is 9.44. The summed E-state index contributed by atoms with van der Waals surface area (Å²) in [4.78, 5) is 22.2. The second-order valence-corrected chi connectivity index (χ2v) is 7.96. The summed E-state index contributed by atoms with van der Waals surface area (Å²) in [6.45, 7) is 4.15. The van der Waals surface area contributed by atoms with Crippen LogP contribution in [0, 0.1) is 23.7 Å². The third-order valence-corrected chi connectivity index (χ3v) is 6.17. The molecule has 0 amide bonds. The minimum Gasteiger partial charge on any atom is -0.462 e. The Morgan fingerprint density at radius 2 is 1.61 bits per heavy atom. The van der Waals surface area contributed by atoms with E-state index < -0.39 is 0 Å². The van der Waals surface area contributed by atoms with E-state index in [9.17, 15) is 9.59 Å². The van der Waals surface area contributed by atoms with Crippen molar-refractivity contribution in [3.63, 3.8) is 0 Å². The van der Waals surface area contributed by atoms with Gasteiger partial charge in [-0.3, -0.25) is 9.59 Å². The molecule has 0 aromatic heterocycles. The molecule has 0 spiro atoms. The second-order valence-electron chi connectivity index (χ2n) is 7.96. The Kier molecular flexibility index (Phi) is 5.27. The van der Waals surface area contributed by atoms with E-state index in [1.54, 1.807) is 0 Å². The molecule has 0 N–H and O–H groups in total. The van der Waals surface area contributed by atoms with Crippen molar-refractivity contribution >= 4 is 11.9 Å². The van der Waals surface area contributed by atoms with Gasteiger partial charge in [-0.25, -0.2) is 0 Å². The minimum absolute atomic E-state index is 0.0191. The van der Waals surface area contributed by atoms with Crippen molar-refractivity contribution in [2.75, 3.05) is 0 Å². The number of rotatable bonds is 0. The predicted octanol–water partition coefficient (Wildman–Crippen LogP) is 3.87. The Labute approximate surface area is 139 Å². The highest BCUT2D eigenvalue weighted by molar-refractivity contribution is 5.73. The van der Waals surface area contributed by atoms with E-state index >= 15 is 0 Å². The van der Waals surface area contributed by atoms with Crippen LogP contribution in [0.3, 0.4) is 0 Å². The number of esters is 2. The van der Waals surface area contributed by atoms with E-state index in [2.05, 4.69) is 6.92 Å². The predicted molar refractivity (Wildman–Crippen MR) is 86.6 cm³/mol. The van der Waals surface area contributed by atoms with Gasteiger partial charge >= 0.3 is 11.9 Å². The summed E-state index contributed by atoms with van der Waals surface area (Å²) in [5.41, 5.74) is 0. The zero-order chi connectivity index (χ0) is 16.4. The maximum atomic E-state index is 11.1. The van der Waals surface area contributed by atoms with Gasteiger partial charge in [0.05, 0.1) is 5.92 Å². The molecule has 6 unspecified atom stereocenters. The first-order chi connectivity index (χ1) is 11.0. The molecule has 2 aliphatic heterocycles. The third-order valence-electron chi connectivity index (χ3n) is 6.17. The molecule has 23 heavy (non-hydrogen) atoms. The van der Waals surface area contributed by atoms with Crippen LogP contribution in [0.5, 0.6) is 0 Å². The lowest BCUT2D eigenvalue weighted by molar-refractivity contribution is -0.165. The first kappa shape index (κ1) is 16.8. The summed E-state index contributed by atoms with van der Waals surface area (Å²) in [7, 11) is 0. The van der Waals surface area contributed by atoms with Gasteiger partial charge in [0.15, 0.2) is 0 Å². The lowest BCUT2D eigenvalue weighted by Gasteiger charge is -2.38. The zero-order valence-corrected chi connectivity index (χ0v) is 14.5. The molecule has 0 bridgehead atoms. The van der Waals surface area contributed by atoms with Gasteiger partial charge in [-0.1, -0.05) is 20.3 Å². The summed E-state index contributed by atoms with van der Waals surface area (Å²) in [5, 5.41) is 0. The van der Waals surface area contributed by atoms with Crippen LogP contribution in [0.1, 0.15) is 71.6 Å². The van der Waals surface area contributed by atoms with Crippen molar-refractivity contribution in [2.45, 2.75) is 83.8 Å². The molecule has 4 heteroatoms. The van der Waals surface area contributed by atoms with Gasteiger partial charge in [0.1, 0.15) is 12.2 Å². The molecule has 0 aromatic rings. The highest BCUT2D eigenvalue weighted by Crippen LogP contribution is 2.38. The molecule has 2 saturated heterocycles. The van der Waals surface area contributed by atoms with Crippen molar-refractivity contribution in [3.8, 4) is 0 Å². The molecule has 4 fully saturated rings. The highest BCUT2D eigenvalue weighted by Gasteiger charge is 2.38. The fourth-order valence-corrected chi connectivity index (χ4v) is 4.80. The normalized spacial score (nSPS) is 42.5. The van der Waals surface area contributed by atoms with Crippen LogP contribution in [-0.4, -0.2) is 24.1 Å². The van der Waals surface area contributed by atoms with Crippen LogP contribution in [0.25, 0.3) is 0 Å². The van der Waals surface area contributed by atoms with Gasteiger partial charge in [0, 0.05) is 6.42 Å². The summed E-state index contributed by atoms with van der Waals surface area (Å²) in [6.07, 6.45) is 10.8. The monoisotopic (exact) mass is 322 g/mol. The smallest absolute Gasteiger partial charge is 0.308 e. The zero-order valence-electron chi connectivity index (χ0n) is 14.5. The van der Waals surface area contributed by atoms with Gasteiger partial charge in [0.25, 0.3) is 0 Å². The molecule has 4 rings (SSSR count). The van der Waals surface area contributed by atoms with E-state index in [0.29, 0.717) is 24.2 Å². The molecule has 2 heterocycles. The van der Waals surface area contributed by atoms with Gasteiger partial charge < -0.3 is 9.47 Å². The van der Waals surface area contributed by atoms with Crippen LogP contribution in [0.4, 0.5) is 0 Å². The molecule has 0 aromatic carbocycles. The van der Waals surface area contributed by atoms with Crippen LogP contribution < -0.4 is 0 Å². The molecule has 0 radical (unpaired) electrons. The Hall–Kier alpha value is -1.06. The molecule has 6 atom stereocenters. The van der Waals surface area contributed by atoms with Gasteiger partial charge in [0.2, 0.25) is 0 Å². The molecule has 4 aliphatic rings. The number of carbonyl (C=O) groups is 2. The topological polar surface area (TPSA) is 52.6 Å². The lowest BCUT2D eigenvalue weighted by atomic mass is 9.76. The molecule has 130 valence electrons. The number of hydrogen-bond acceptors (Lipinski definition) is 4. The summed E-state index contributed by atoms with van der Waals surface area (Å²) < 4.78 is 10.6. The average molecular weight is 322 g/mol. The fraction of sp³-hybridized carbons (Fsp3) is 0.895. The van der Waals surface area contributed by atoms with Crippen LogP contribution in [0.15, 0.2) is 0 Å². The Balaban J connectivity index is 0.000000136. The average Bonchev–Trinajstić information content (AvgIpc) is 2.95. The van der Waals surface area contributed by atoms with Gasteiger partial charge in [-0.15, -0.1) is 0 Å². The van der Waals surface area contributed by atoms with E-state index in [1.807, 2.05) is 6.92 Å². The van der Waals surface area contributed by atoms with Crippen molar-refractivity contribution in [2.24, 2.45) is 23.7 Å². The highest BCUT2D eigenvalue weighted by atomic mass is 16.5. The number of ether oxygens (including phenoxy) is 2. The standard InChI is InChI=1S/C10H16O2.C9H14O2/c1-7-6-10(11)12-9-5-3-2-4-8(7)9;1-6-5-7-3-2-4-8(7)11-9(6)10/h7-9H,2-6H2,1H3;6-8H,2-5H2,1H3. The van der Waals surface area contributed by atoms with Crippen molar-refractivity contribution in [3.05, 3.63) is 0 Å². The second kappa shape index (κ2) is 7.23. The Morgan fingerprint density at radius 1 is 0.870 bits per heavy atom. The Morgan fingerprint density at radius 3 is 2.43 bits per heavy atom. The van der Waals surface area contributed by atoms with Crippen molar-refractivity contribution in [1.29, 1.82) is 0 Å². The van der Waals surface area contributed by atoms with E-state index in [-0.39, 0.29) is 30.1 Å². The summed E-state index contributed by atoms with van der Waals surface area (Å²) in [5.74, 6) is 2.09. The number of carbonyl (C=O) groups excluding carboxylic acids is 2. The molecule has 2 aliphatic carbocycles. The van der Waals surface area contributed by atoms with Crippen molar-refractivity contribution < 1.29 is 19.1 Å². The van der Waals surface area contributed by atoms with Crippen LogP contribution in [-0.2, 0) is 19.1 Å². The molecule has 4 nitrogen and oxygen atoms in total. The van der Waals surface area contributed by atoms with Gasteiger partial charge in [-0.2, -0.15) is 0 Å². The first-order valence-corrected chi connectivity index (χ1v) is 9.44.